The number of nitrogens with zero attached hydrogens (tertiary/aromatic N) is 1. The van der Waals surface area contributed by atoms with E-state index >= 15 is 0 Å². The standard InChI is InChI=1S/C13H17N3O3/c14-13(7-3-4-8-13)12(17)15-9-10-5-1-2-6-11(10)16(18)19/h1-2,5-6H,3-4,7-9,14H2,(H,15,17). The van der Waals surface area contributed by atoms with E-state index in [-0.39, 0.29) is 18.1 Å². The topological polar surface area (TPSA) is 98.3 Å². The number of hydrogen-bond donors (Lipinski definition) is 2. The van der Waals surface area contributed by atoms with Gasteiger partial charge in [-0.3, -0.25) is 14.9 Å². The van der Waals surface area contributed by atoms with Crippen LogP contribution in [0.2, 0.25) is 0 Å². The van der Waals surface area contributed by atoms with Gasteiger partial charge in [0.15, 0.2) is 0 Å². The van der Waals surface area contributed by atoms with Crippen molar-refractivity contribution in [2.45, 2.75) is 37.8 Å². The summed E-state index contributed by atoms with van der Waals surface area (Å²) < 4.78 is 0. The summed E-state index contributed by atoms with van der Waals surface area (Å²) in [4.78, 5) is 22.4. The van der Waals surface area contributed by atoms with E-state index in [0.29, 0.717) is 18.4 Å². The number of carbonyl (C=O) groups is 1. The normalized spacial score (nSPS) is 17.1. The summed E-state index contributed by atoms with van der Waals surface area (Å²) >= 11 is 0. The number of carbonyl (C=O) groups excluding carboxylic acids is 1. The number of nitrogens with one attached hydrogen (secondary N) is 1. The molecule has 1 aromatic rings. The lowest BCUT2D eigenvalue weighted by Gasteiger charge is -2.22. The van der Waals surface area contributed by atoms with E-state index in [1.807, 2.05) is 0 Å². The van der Waals surface area contributed by atoms with Gasteiger partial charge < -0.3 is 11.1 Å². The summed E-state index contributed by atoms with van der Waals surface area (Å²) in [7, 11) is 0. The molecule has 0 aliphatic heterocycles. The molecule has 0 heterocycles. The molecule has 1 aliphatic rings. The van der Waals surface area contributed by atoms with Crippen molar-refractivity contribution in [3.63, 3.8) is 0 Å². The van der Waals surface area contributed by atoms with E-state index in [2.05, 4.69) is 5.32 Å². The zero-order valence-electron chi connectivity index (χ0n) is 10.6. The average Bonchev–Trinajstić information content (AvgIpc) is 2.84. The van der Waals surface area contributed by atoms with Gasteiger partial charge in [-0.1, -0.05) is 31.0 Å². The Morgan fingerprint density at radius 3 is 2.63 bits per heavy atom. The van der Waals surface area contributed by atoms with Gasteiger partial charge in [-0.25, -0.2) is 0 Å². The molecule has 0 radical (unpaired) electrons. The molecule has 1 amide bonds. The molecule has 6 heteroatoms. The summed E-state index contributed by atoms with van der Waals surface area (Å²) in [6.45, 7) is 0.134. The lowest BCUT2D eigenvalue weighted by Crippen LogP contribution is -2.51. The zero-order valence-corrected chi connectivity index (χ0v) is 10.6. The largest absolute Gasteiger partial charge is 0.350 e. The van der Waals surface area contributed by atoms with Crippen LogP contribution in [0.1, 0.15) is 31.2 Å². The second kappa shape index (κ2) is 5.36. The minimum atomic E-state index is -0.802. The van der Waals surface area contributed by atoms with Gasteiger partial charge in [-0.15, -0.1) is 0 Å². The Bertz CT molecular complexity index is 496. The Morgan fingerprint density at radius 2 is 2.00 bits per heavy atom. The first-order valence-corrected chi connectivity index (χ1v) is 6.32. The maximum atomic E-state index is 12.0. The molecule has 0 saturated heterocycles. The molecule has 2 rings (SSSR count). The van der Waals surface area contributed by atoms with Crippen LogP contribution in [-0.2, 0) is 11.3 Å². The van der Waals surface area contributed by atoms with Crippen molar-refractivity contribution in [3.05, 3.63) is 39.9 Å². The molecule has 0 unspecified atom stereocenters. The number of benzene rings is 1. The van der Waals surface area contributed by atoms with Crippen molar-refractivity contribution in [2.24, 2.45) is 5.73 Å². The van der Waals surface area contributed by atoms with Crippen molar-refractivity contribution in [2.75, 3.05) is 0 Å². The summed E-state index contributed by atoms with van der Waals surface area (Å²) in [5.74, 6) is -0.219. The van der Waals surface area contributed by atoms with E-state index in [0.717, 1.165) is 12.8 Å². The van der Waals surface area contributed by atoms with E-state index < -0.39 is 10.5 Å². The van der Waals surface area contributed by atoms with Crippen LogP contribution in [0, 0.1) is 10.1 Å². The predicted octanol–water partition coefficient (Wildman–Crippen LogP) is 1.48. The molecule has 102 valence electrons. The lowest BCUT2D eigenvalue weighted by atomic mass is 9.98. The number of nitro benzene ring substituents is 1. The summed E-state index contributed by atoms with van der Waals surface area (Å²) in [5.41, 5.74) is 5.72. The van der Waals surface area contributed by atoms with Gasteiger partial charge in [0.2, 0.25) is 5.91 Å². The van der Waals surface area contributed by atoms with Crippen LogP contribution in [0.3, 0.4) is 0 Å². The molecule has 19 heavy (non-hydrogen) atoms. The first-order valence-electron chi connectivity index (χ1n) is 6.32. The van der Waals surface area contributed by atoms with Gasteiger partial charge in [0, 0.05) is 18.2 Å². The van der Waals surface area contributed by atoms with Crippen LogP contribution in [0.5, 0.6) is 0 Å². The highest BCUT2D eigenvalue weighted by atomic mass is 16.6. The van der Waals surface area contributed by atoms with Gasteiger partial charge >= 0.3 is 0 Å². The first-order chi connectivity index (χ1) is 9.03. The smallest absolute Gasteiger partial charge is 0.274 e. The fourth-order valence-corrected chi connectivity index (χ4v) is 2.42. The Balaban J connectivity index is 2.03. The van der Waals surface area contributed by atoms with Crippen LogP contribution in [0.25, 0.3) is 0 Å². The number of hydrogen-bond acceptors (Lipinski definition) is 4. The van der Waals surface area contributed by atoms with Crippen LogP contribution >= 0.6 is 0 Å². The maximum absolute atomic E-state index is 12.0. The van der Waals surface area contributed by atoms with Crippen molar-refractivity contribution in [1.29, 1.82) is 0 Å². The second-order valence-electron chi connectivity index (χ2n) is 4.93. The van der Waals surface area contributed by atoms with Gasteiger partial charge in [0.1, 0.15) is 0 Å². The number of nitro groups is 1. The van der Waals surface area contributed by atoms with E-state index in [1.54, 1.807) is 18.2 Å². The van der Waals surface area contributed by atoms with Gasteiger partial charge in [0.05, 0.1) is 10.5 Å². The second-order valence-corrected chi connectivity index (χ2v) is 4.93. The molecular weight excluding hydrogens is 246 g/mol. The maximum Gasteiger partial charge on any atom is 0.274 e. The third-order valence-corrected chi connectivity index (χ3v) is 3.58. The minimum Gasteiger partial charge on any atom is -0.350 e. The van der Waals surface area contributed by atoms with Gasteiger partial charge in [0.25, 0.3) is 5.69 Å². The Kier molecular flexibility index (Phi) is 3.80. The molecule has 0 aromatic heterocycles. The molecular formula is C13H17N3O3. The molecule has 3 N–H and O–H groups in total. The van der Waals surface area contributed by atoms with Crippen molar-refractivity contribution in [1.82, 2.24) is 5.32 Å². The molecule has 1 aliphatic carbocycles. The average molecular weight is 263 g/mol. The predicted molar refractivity (Wildman–Crippen MR) is 70.3 cm³/mol. The Hall–Kier alpha value is -1.95. The third-order valence-electron chi connectivity index (χ3n) is 3.58. The SMILES string of the molecule is NC1(C(=O)NCc2ccccc2[N+](=O)[O-])CCCC1. The van der Waals surface area contributed by atoms with E-state index in [4.69, 9.17) is 5.73 Å². The van der Waals surface area contributed by atoms with Crippen LogP contribution < -0.4 is 11.1 Å². The molecule has 0 bridgehead atoms. The molecule has 0 atom stereocenters. The number of amides is 1. The highest BCUT2D eigenvalue weighted by molar-refractivity contribution is 5.86. The molecule has 1 aromatic carbocycles. The van der Waals surface area contributed by atoms with Crippen molar-refractivity contribution >= 4 is 11.6 Å². The first kappa shape index (κ1) is 13.5. The lowest BCUT2D eigenvalue weighted by molar-refractivity contribution is -0.385. The summed E-state index contributed by atoms with van der Waals surface area (Å²) in [6.07, 6.45) is 3.26. The third kappa shape index (κ3) is 2.90. The Morgan fingerprint density at radius 1 is 1.37 bits per heavy atom. The number of rotatable bonds is 4. The van der Waals surface area contributed by atoms with E-state index in [9.17, 15) is 14.9 Å². The molecule has 1 saturated carbocycles. The fraction of sp³-hybridized carbons (Fsp3) is 0.462. The van der Waals surface area contributed by atoms with Crippen LogP contribution in [0.4, 0.5) is 5.69 Å². The number of para-hydroxylation sites is 1. The summed E-state index contributed by atoms with van der Waals surface area (Å²) in [6, 6.07) is 6.37. The Labute approximate surface area is 111 Å². The fourth-order valence-electron chi connectivity index (χ4n) is 2.42. The minimum absolute atomic E-state index is 0.0142. The van der Waals surface area contributed by atoms with Gasteiger partial charge in [-0.2, -0.15) is 0 Å². The monoisotopic (exact) mass is 263 g/mol. The highest BCUT2D eigenvalue weighted by Gasteiger charge is 2.36. The van der Waals surface area contributed by atoms with E-state index in [1.165, 1.54) is 6.07 Å². The van der Waals surface area contributed by atoms with Crippen molar-refractivity contribution < 1.29 is 9.72 Å². The van der Waals surface area contributed by atoms with Gasteiger partial charge in [-0.05, 0) is 12.8 Å². The summed E-state index contributed by atoms with van der Waals surface area (Å²) in [5, 5.41) is 13.6. The highest BCUT2D eigenvalue weighted by Crippen LogP contribution is 2.27. The van der Waals surface area contributed by atoms with Crippen LogP contribution in [0.15, 0.2) is 24.3 Å². The van der Waals surface area contributed by atoms with Crippen LogP contribution in [-0.4, -0.2) is 16.4 Å². The number of nitrogens with two attached hydrogens (primary N) is 1. The molecule has 0 spiro atoms. The zero-order chi connectivity index (χ0) is 13.9. The quantitative estimate of drug-likeness (QED) is 0.635. The molecule has 1 fully saturated rings. The van der Waals surface area contributed by atoms with Crippen molar-refractivity contribution in [3.8, 4) is 0 Å². The molecule has 6 nitrogen and oxygen atoms in total.